The topological polar surface area (TPSA) is 36.0 Å². The Kier molecular flexibility index (Phi) is 1.44. The molecule has 1 heterocycles. The first-order valence-corrected chi connectivity index (χ1v) is 3.57. The van der Waals surface area contributed by atoms with Gasteiger partial charge in [-0.1, -0.05) is 18.2 Å². The van der Waals surface area contributed by atoms with E-state index in [2.05, 4.69) is 4.98 Å². The number of benzene rings is 1. The molecule has 1 aromatic carbocycles. The number of aromatic nitrogens is 1. The first-order valence-electron chi connectivity index (χ1n) is 3.57. The summed E-state index contributed by atoms with van der Waals surface area (Å²) in [6.07, 6.45) is 1.88. The van der Waals surface area contributed by atoms with Crippen LogP contribution in [0.5, 0.6) is 0 Å². The number of rotatable bonds is 1. The van der Waals surface area contributed by atoms with Gasteiger partial charge in [-0.3, -0.25) is 0 Å². The van der Waals surface area contributed by atoms with Crippen LogP contribution in [0.4, 0.5) is 0 Å². The second-order valence-corrected chi connectivity index (χ2v) is 2.52. The minimum absolute atomic E-state index is 0.0951. The Hall–Kier alpha value is -1.22. The molecule has 0 aliphatic carbocycles. The van der Waals surface area contributed by atoms with Crippen LogP contribution in [0.1, 0.15) is 0 Å². The molecule has 0 bridgehead atoms. The number of H-pyrrole nitrogens is 1. The van der Waals surface area contributed by atoms with E-state index in [0.717, 1.165) is 16.4 Å². The van der Waals surface area contributed by atoms with E-state index < -0.39 is 0 Å². The summed E-state index contributed by atoms with van der Waals surface area (Å²) in [4.78, 5) is 3.08. The summed E-state index contributed by atoms with van der Waals surface area (Å²) in [6.45, 7) is 0. The molecule has 0 radical (unpaired) electrons. The van der Waals surface area contributed by atoms with E-state index in [-0.39, 0.29) is 7.48 Å². The van der Waals surface area contributed by atoms with Gasteiger partial charge in [0.15, 0.2) is 0 Å². The largest absolute Gasteiger partial charge is 0.449 e. The second kappa shape index (κ2) is 2.44. The molecule has 0 fully saturated rings. The van der Waals surface area contributed by atoms with Gasteiger partial charge in [0.05, 0.1) is 0 Å². The molecule has 0 atom stereocenters. The molecular formula is C8H8BNO. The maximum Gasteiger partial charge on any atom is 0.306 e. The zero-order chi connectivity index (χ0) is 7.68. The molecule has 0 saturated carbocycles. The highest BCUT2D eigenvalue weighted by Gasteiger charge is 1.99. The van der Waals surface area contributed by atoms with E-state index in [9.17, 15) is 0 Å². The van der Waals surface area contributed by atoms with Crippen molar-refractivity contribution < 1.29 is 5.02 Å². The van der Waals surface area contributed by atoms with Gasteiger partial charge in [-0.05, 0) is 16.9 Å². The van der Waals surface area contributed by atoms with E-state index >= 15 is 0 Å². The van der Waals surface area contributed by atoms with Crippen LogP contribution in [0.3, 0.4) is 0 Å². The fourth-order valence-electron chi connectivity index (χ4n) is 1.28. The monoisotopic (exact) mass is 145 g/mol. The third-order valence-electron chi connectivity index (χ3n) is 1.84. The lowest BCUT2D eigenvalue weighted by atomic mass is 9.87. The predicted octanol–water partition coefficient (Wildman–Crippen LogP) is 0.137. The fraction of sp³-hybridized carbons (Fsp3) is 0. The normalized spacial score (nSPS) is 10.3. The SMILES string of the molecule is OBc1cccc2cc[nH]c12. The van der Waals surface area contributed by atoms with Crippen molar-refractivity contribution in [3.05, 3.63) is 30.5 Å². The Morgan fingerprint density at radius 3 is 3.00 bits per heavy atom. The van der Waals surface area contributed by atoms with E-state index in [1.807, 2.05) is 30.5 Å². The van der Waals surface area contributed by atoms with E-state index in [4.69, 9.17) is 5.02 Å². The molecule has 0 aliphatic rings. The average Bonchev–Trinajstić information content (AvgIpc) is 2.50. The standard InChI is InChI=1S/C8H8BNO/c11-9-7-3-1-2-6-4-5-10-8(6)7/h1-5,9-11H. The maximum absolute atomic E-state index is 8.93. The Bertz CT molecular complexity index is 369. The van der Waals surface area contributed by atoms with Gasteiger partial charge in [-0.15, -0.1) is 0 Å². The summed E-state index contributed by atoms with van der Waals surface area (Å²) < 4.78 is 0. The molecular weight excluding hydrogens is 137 g/mol. The summed E-state index contributed by atoms with van der Waals surface area (Å²) in [5, 5.41) is 10.1. The van der Waals surface area contributed by atoms with Gasteiger partial charge < -0.3 is 10.0 Å². The molecule has 2 rings (SSSR count). The molecule has 0 unspecified atom stereocenters. The van der Waals surface area contributed by atoms with Crippen LogP contribution in [0.25, 0.3) is 10.9 Å². The summed E-state index contributed by atoms with van der Waals surface area (Å²) in [5.41, 5.74) is 1.99. The maximum atomic E-state index is 8.93. The smallest absolute Gasteiger partial charge is 0.306 e. The highest BCUT2D eigenvalue weighted by atomic mass is 16.2. The molecule has 3 heteroatoms. The van der Waals surface area contributed by atoms with E-state index in [1.165, 1.54) is 0 Å². The van der Waals surface area contributed by atoms with Crippen molar-refractivity contribution in [2.24, 2.45) is 0 Å². The molecule has 2 N–H and O–H groups in total. The zero-order valence-corrected chi connectivity index (χ0v) is 6.04. The Balaban J connectivity index is 2.79. The van der Waals surface area contributed by atoms with Gasteiger partial charge in [-0.25, -0.2) is 0 Å². The van der Waals surface area contributed by atoms with Crippen LogP contribution >= 0.6 is 0 Å². The molecule has 2 nitrogen and oxygen atoms in total. The highest BCUT2D eigenvalue weighted by molar-refractivity contribution is 6.49. The van der Waals surface area contributed by atoms with Crippen molar-refractivity contribution in [3.63, 3.8) is 0 Å². The van der Waals surface area contributed by atoms with Gasteiger partial charge in [0.25, 0.3) is 0 Å². The minimum Gasteiger partial charge on any atom is -0.449 e. The molecule has 11 heavy (non-hydrogen) atoms. The van der Waals surface area contributed by atoms with Crippen molar-refractivity contribution >= 4 is 23.8 Å². The first kappa shape index (κ1) is 6.49. The van der Waals surface area contributed by atoms with Crippen molar-refractivity contribution in [1.29, 1.82) is 0 Å². The third kappa shape index (κ3) is 0.936. The van der Waals surface area contributed by atoms with Gasteiger partial charge >= 0.3 is 7.48 Å². The summed E-state index contributed by atoms with van der Waals surface area (Å²) in [6, 6.07) is 7.88. The van der Waals surface area contributed by atoms with E-state index in [1.54, 1.807) is 0 Å². The van der Waals surface area contributed by atoms with Crippen molar-refractivity contribution in [1.82, 2.24) is 4.98 Å². The fourth-order valence-corrected chi connectivity index (χ4v) is 1.28. The van der Waals surface area contributed by atoms with E-state index in [0.29, 0.717) is 0 Å². The molecule has 54 valence electrons. The van der Waals surface area contributed by atoms with Crippen molar-refractivity contribution in [3.8, 4) is 0 Å². The molecule has 0 aliphatic heterocycles. The molecule has 0 saturated heterocycles. The van der Waals surface area contributed by atoms with Crippen molar-refractivity contribution in [2.45, 2.75) is 0 Å². The zero-order valence-electron chi connectivity index (χ0n) is 6.04. The lowest BCUT2D eigenvalue weighted by molar-refractivity contribution is 0.615. The number of fused-ring (bicyclic) bond motifs is 1. The lowest BCUT2D eigenvalue weighted by Crippen LogP contribution is -2.13. The lowest BCUT2D eigenvalue weighted by Gasteiger charge is -1.95. The number of hydrogen-bond acceptors (Lipinski definition) is 1. The predicted molar refractivity (Wildman–Crippen MR) is 47.3 cm³/mol. The van der Waals surface area contributed by atoms with Crippen LogP contribution in [-0.4, -0.2) is 17.5 Å². The molecule has 1 aromatic heterocycles. The Morgan fingerprint density at radius 1 is 1.27 bits per heavy atom. The van der Waals surface area contributed by atoms with Crippen LogP contribution in [-0.2, 0) is 0 Å². The van der Waals surface area contributed by atoms with Crippen LogP contribution in [0, 0.1) is 0 Å². The minimum atomic E-state index is 0.0951. The Labute approximate surface area is 65.1 Å². The van der Waals surface area contributed by atoms with Crippen LogP contribution in [0.15, 0.2) is 30.5 Å². The molecule has 0 spiro atoms. The number of hydrogen-bond donors (Lipinski definition) is 2. The average molecular weight is 145 g/mol. The summed E-state index contributed by atoms with van der Waals surface area (Å²) in [7, 11) is 0.0951. The molecule has 0 amide bonds. The second-order valence-electron chi connectivity index (χ2n) is 2.52. The van der Waals surface area contributed by atoms with Crippen molar-refractivity contribution in [2.75, 3.05) is 0 Å². The molecule has 2 aromatic rings. The Morgan fingerprint density at radius 2 is 2.18 bits per heavy atom. The number of aromatic amines is 1. The van der Waals surface area contributed by atoms with Crippen LogP contribution < -0.4 is 5.46 Å². The third-order valence-corrected chi connectivity index (χ3v) is 1.84. The van der Waals surface area contributed by atoms with Gasteiger partial charge in [0.1, 0.15) is 0 Å². The van der Waals surface area contributed by atoms with Gasteiger partial charge in [0, 0.05) is 11.7 Å². The number of nitrogens with one attached hydrogen (secondary N) is 1. The van der Waals surface area contributed by atoms with Crippen LogP contribution in [0.2, 0.25) is 0 Å². The van der Waals surface area contributed by atoms with Gasteiger partial charge in [0.2, 0.25) is 0 Å². The summed E-state index contributed by atoms with van der Waals surface area (Å²) >= 11 is 0. The van der Waals surface area contributed by atoms with Gasteiger partial charge in [-0.2, -0.15) is 0 Å². The quantitative estimate of drug-likeness (QED) is 0.550. The highest BCUT2D eigenvalue weighted by Crippen LogP contribution is 2.07. The summed E-state index contributed by atoms with van der Waals surface area (Å²) in [5.74, 6) is 0. The number of para-hydroxylation sites is 1. The first-order chi connectivity index (χ1) is 5.42.